The quantitative estimate of drug-likeness (QED) is 0.693. The van der Waals surface area contributed by atoms with Crippen LogP contribution < -0.4 is 21.3 Å². The summed E-state index contributed by atoms with van der Waals surface area (Å²) in [5.74, 6) is -0.176. The number of nitrogens with zero attached hydrogens (tertiary/aromatic N) is 1. The fourth-order valence-corrected chi connectivity index (χ4v) is 2.36. The highest BCUT2D eigenvalue weighted by molar-refractivity contribution is 6.34. The Hall–Kier alpha value is -1.79. The summed E-state index contributed by atoms with van der Waals surface area (Å²) in [7, 11) is 0. The lowest BCUT2D eigenvalue weighted by molar-refractivity contribution is 0.0953. The van der Waals surface area contributed by atoms with Crippen LogP contribution in [0.4, 0.5) is 10.5 Å². The lowest BCUT2D eigenvalue weighted by Gasteiger charge is -2.17. The smallest absolute Gasteiger partial charge is 0.322 e. The summed E-state index contributed by atoms with van der Waals surface area (Å²) in [4.78, 5) is 25.3. The number of carbonyl (C=O) groups is 2. The summed E-state index contributed by atoms with van der Waals surface area (Å²) >= 11 is 6.12. The summed E-state index contributed by atoms with van der Waals surface area (Å²) in [6, 6.07) is 4.73. The Kier molecular flexibility index (Phi) is 5.41. The summed E-state index contributed by atoms with van der Waals surface area (Å²) < 4.78 is 0. The van der Waals surface area contributed by atoms with Gasteiger partial charge in [-0.15, -0.1) is 0 Å². The number of hydrogen-bond donors (Lipinski definition) is 3. The summed E-state index contributed by atoms with van der Waals surface area (Å²) in [6.07, 6.45) is 1.72. The van der Waals surface area contributed by atoms with Crippen molar-refractivity contribution in [3.8, 4) is 0 Å². The van der Waals surface area contributed by atoms with E-state index < -0.39 is 0 Å². The van der Waals surface area contributed by atoms with Gasteiger partial charge < -0.3 is 16.4 Å². The number of anilines is 1. The Labute approximate surface area is 128 Å². The molecule has 0 atom stereocenters. The SMILES string of the molecule is NCCCCNC(=O)c1ccc(Cl)c(N2CCNC2=O)c1. The van der Waals surface area contributed by atoms with Crippen LogP contribution in [0.3, 0.4) is 0 Å². The van der Waals surface area contributed by atoms with E-state index in [1.54, 1.807) is 18.2 Å². The van der Waals surface area contributed by atoms with E-state index in [0.29, 0.717) is 42.5 Å². The van der Waals surface area contributed by atoms with E-state index in [1.807, 2.05) is 0 Å². The number of benzene rings is 1. The molecule has 0 radical (unpaired) electrons. The molecule has 1 fully saturated rings. The average Bonchev–Trinajstić information content (AvgIpc) is 2.90. The molecule has 0 aromatic heterocycles. The van der Waals surface area contributed by atoms with E-state index in [-0.39, 0.29) is 11.9 Å². The van der Waals surface area contributed by atoms with Gasteiger partial charge in [0.2, 0.25) is 0 Å². The second-order valence-corrected chi connectivity index (χ2v) is 5.21. The molecule has 7 heteroatoms. The summed E-state index contributed by atoms with van der Waals surface area (Å²) in [5, 5.41) is 5.98. The molecule has 1 heterocycles. The minimum Gasteiger partial charge on any atom is -0.352 e. The van der Waals surface area contributed by atoms with Crippen molar-refractivity contribution in [2.45, 2.75) is 12.8 Å². The number of nitrogens with two attached hydrogens (primary N) is 1. The Morgan fingerprint density at radius 1 is 1.43 bits per heavy atom. The van der Waals surface area contributed by atoms with Crippen molar-refractivity contribution in [3.63, 3.8) is 0 Å². The van der Waals surface area contributed by atoms with Gasteiger partial charge in [-0.25, -0.2) is 4.79 Å². The van der Waals surface area contributed by atoms with E-state index in [1.165, 1.54) is 4.90 Å². The van der Waals surface area contributed by atoms with Crippen LogP contribution in [0, 0.1) is 0 Å². The standard InChI is InChI=1S/C14H19ClN4O2/c15-11-4-3-10(13(20)17-6-2-1-5-16)9-12(11)19-8-7-18-14(19)21/h3-4,9H,1-2,5-8,16H2,(H,17,20)(H,18,21). The molecule has 1 aliphatic rings. The monoisotopic (exact) mass is 310 g/mol. The van der Waals surface area contributed by atoms with Gasteiger partial charge in [-0.05, 0) is 37.6 Å². The molecule has 0 bridgehead atoms. The Morgan fingerprint density at radius 3 is 2.90 bits per heavy atom. The minimum atomic E-state index is -0.197. The van der Waals surface area contributed by atoms with Crippen LogP contribution in [0.2, 0.25) is 5.02 Å². The molecule has 2 rings (SSSR count). The zero-order chi connectivity index (χ0) is 15.2. The van der Waals surface area contributed by atoms with Gasteiger partial charge in [-0.3, -0.25) is 9.69 Å². The van der Waals surface area contributed by atoms with Crippen LogP contribution in [-0.4, -0.2) is 38.1 Å². The highest BCUT2D eigenvalue weighted by Crippen LogP contribution is 2.28. The molecular weight excluding hydrogens is 292 g/mol. The molecule has 0 spiro atoms. The predicted octanol–water partition coefficient (Wildman–Crippen LogP) is 1.34. The van der Waals surface area contributed by atoms with Gasteiger partial charge in [0.15, 0.2) is 0 Å². The molecule has 1 saturated heterocycles. The molecule has 3 amide bonds. The van der Waals surface area contributed by atoms with Crippen LogP contribution in [-0.2, 0) is 0 Å². The highest BCUT2D eigenvalue weighted by Gasteiger charge is 2.24. The van der Waals surface area contributed by atoms with Crippen LogP contribution in [0.5, 0.6) is 0 Å². The number of amides is 3. The van der Waals surface area contributed by atoms with Crippen molar-refractivity contribution < 1.29 is 9.59 Å². The number of hydrogen-bond acceptors (Lipinski definition) is 3. The van der Waals surface area contributed by atoms with Crippen molar-refractivity contribution in [2.24, 2.45) is 5.73 Å². The number of nitrogens with one attached hydrogen (secondary N) is 2. The first-order chi connectivity index (χ1) is 10.1. The molecule has 1 aromatic carbocycles. The minimum absolute atomic E-state index is 0.176. The van der Waals surface area contributed by atoms with E-state index in [9.17, 15) is 9.59 Å². The van der Waals surface area contributed by atoms with Crippen LogP contribution >= 0.6 is 11.6 Å². The fraction of sp³-hybridized carbons (Fsp3) is 0.429. The third-order valence-electron chi connectivity index (χ3n) is 3.27. The lowest BCUT2D eigenvalue weighted by Crippen LogP contribution is -2.29. The van der Waals surface area contributed by atoms with Crippen molar-refractivity contribution in [1.82, 2.24) is 10.6 Å². The van der Waals surface area contributed by atoms with Gasteiger partial charge in [-0.1, -0.05) is 11.6 Å². The van der Waals surface area contributed by atoms with E-state index in [0.717, 1.165) is 12.8 Å². The molecule has 0 saturated carbocycles. The second-order valence-electron chi connectivity index (χ2n) is 4.80. The average molecular weight is 311 g/mol. The van der Waals surface area contributed by atoms with Crippen molar-refractivity contribution in [3.05, 3.63) is 28.8 Å². The molecule has 6 nitrogen and oxygen atoms in total. The van der Waals surface area contributed by atoms with Crippen molar-refractivity contribution in [2.75, 3.05) is 31.1 Å². The topological polar surface area (TPSA) is 87.5 Å². The maximum absolute atomic E-state index is 12.1. The van der Waals surface area contributed by atoms with Crippen LogP contribution in [0.1, 0.15) is 23.2 Å². The van der Waals surface area contributed by atoms with Gasteiger partial charge in [0.1, 0.15) is 0 Å². The number of halogens is 1. The first-order valence-corrected chi connectivity index (χ1v) is 7.34. The van der Waals surface area contributed by atoms with E-state index in [4.69, 9.17) is 17.3 Å². The molecule has 1 aliphatic heterocycles. The zero-order valence-corrected chi connectivity index (χ0v) is 12.4. The van der Waals surface area contributed by atoms with Gasteiger partial charge in [0.25, 0.3) is 5.91 Å². The van der Waals surface area contributed by atoms with Crippen molar-refractivity contribution >= 4 is 29.2 Å². The zero-order valence-electron chi connectivity index (χ0n) is 11.7. The lowest BCUT2D eigenvalue weighted by atomic mass is 10.1. The normalized spacial score (nSPS) is 14.2. The largest absolute Gasteiger partial charge is 0.352 e. The van der Waals surface area contributed by atoms with E-state index >= 15 is 0 Å². The number of urea groups is 1. The molecule has 21 heavy (non-hydrogen) atoms. The van der Waals surface area contributed by atoms with Gasteiger partial charge in [-0.2, -0.15) is 0 Å². The highest BCUT2D eigenvalue weighted by atomic mass is 35.5. The summed E-state index contributed by atoms with van der Waals surface area (Å²) in [6.45, 7) is 2.31. The molecular formula is C14H19ClN4O2. The molecule has 4 N–H and O–H groups in total. The van der Waals surface area contributed by atoms with Gasteiger partial charge >= 0.3 is 6.03 Å². The maximum Gasteiger partial charge on any atom is 0.322 e. The van der Waals surface area contributed by atoms with Crippen LogP contribution in [0.25, 0.3) is 0 Å². The molecule has 114 valence electrons. The number of rotatable bonds is 6. The third-order valence-corrected chi connectivity index (χ3v) is 3.59. The van der Waals surface area contributed by atoms with Crippen molar-refractivity contribution in [1.29, 1.82) is 0 Å². The summed E-state index contributed by atoms with van der Waals surface area (Å²) in [5.41, 5.74) is 6.45. The second kappa shape index (κ2) is 7.28. The predicted molar refractivity (Wildman–Crippen MR) is 82.8 cm³/mol. The Morgan fingerprint density at radius 2 is 2.24 bits per heavy atom. The molecule has 0 unspecified atom stereocenters. The van der Waals surface area contributed by atoms with E-state index in [2.05, 4.69) is 10.6 Å². The Balaban J connectivity index is 2.07. The Bertz CT molecular complexity index is 536. The third kappa shape index (κ3) is 3.86. The van der Waals surface area contributed by atoms with Gasteiger partial charge in [0.05, 0.1) is 10.7 Å². The first-order valence-electron chi connectivity index (χ1n) is 6.96. The fourth-order valence-electron chi connectivity index (χ4n) is 2.14. The maximum atomic E-state index is 12.1. The number of unbranched alkanes of at least 4 members (excludes halogenated alkanes) is 1. The molecule has 1 aromatic rings. The first kappa shape index (κ1) is 15.6. The van der Waals surface area contributed by atoms with Gasteiger partial charge in [0, 0.05) is 25.2 Å². The molecule has 0 aliphatic carbocycles. The van der Waals surface area contributed by atoms with Crippen LogP contribution in [0.15, 0.2) is 18.2 Å². The number of carbonyl (C=O) groups excluding carboxylic acids is 2.